The van der Waals surface area contributed by atoms with Gasteiger partial charge in [0.05, 0.1) is 0 Å². The largest absolute Gasteiger partial charge is 0.444 e. The average Bonchev–Trinajstić information content (AvgIpc) is 3.00. The van der Waals surface area contributed by atoms with E-state index in [9.17, 15) is 9.59 Å². The number of nitrogens with zero attached hydrogens (tertiary/aromatic N) is 2. The number of ether oxygens (including phenoxy) is 2. The summed E-state index contributed by atoms with van der Waals surface area (Å²) in [5, 5.41) is 0. The fourth-order valence-corrected chi connectivity index (χ4v) is 2.62. The molecule has 1 fully saturated rings. The lowest BCUT2D eigenvalue weighted by Crippen LogP contribution is -2.49. The van der Waals surface area contributed by atoms with Gasteiger partial charge in [-0.3, -0.25) is 9.80 Å². The first-order valence-electron chi connectivity index (χ1n) is 8.21. The Hall–Kier alpha value is -2.24. The Morgan fingerprint density at radius 1 is 1.25 bits per heavy atom. The van der Waals surface area contributed by atoms with E-state index in [0.29, 0.717) is 6.54 Å². The molecule has 6 nitrogen and oxygen atoms in total. The fourth-order valence-electron chi connectivity index (χ4n) is 2.62. The molecule has 0 saturated carbocycles. The molecule has 1 atom stereocenters. The van der Waals surface area contributed by atoms with Crippen LogP contribution < -0.4 is 0 Å². The van der Waals surface area contributed by atoms with Crippen molar-refractivity contribution in [2.24, 2.45) is 0 Å². The van der Waals surface area contributed by atoms with E-state index in [0.717, 1.165) is 18.4 Å². The second-order valence-corrected chi connectivity index (χ2v) is 6.95. The second kappa shape index (κ2) is 7.55. The molecule has 1 aromatic carbocycles. The Morgan fingerprint density at radius 2 is 1.92 bits per heavy atom. The normalized spacial score (nSPS) is 17.5. The lowest BCUT2D eigenvalue weighted by atomic mass is 10.2. The van der Waals surface area contributed by atoms with E-state index in [1.165, 1.54) is 4.90 Å². The molecule has 1 aromatic rings. The summed E-state index contributed by atoms with van der Waals surface area (Å²) in [6.45, 7) is 6.25. The number of carbonyl (C=O) groups excluding carboxylic acids is 2. The number of benzene rings is 1. The van der Waals surface area contributed by atoms with Gasteiger partial charge in [0.25, 0.3) is 0 Å². The van der Waals surface area contributed by atoms with Gasteiger partial charge in [-0.05, 0) is 39.2 Å². The molecule has 6 heteroatoms. The van der Waals surface area contributed by atoms with Crippen molar-refractivity contribution in [2.45, 2.75) is 52.0 Å². The van der Waals surface area contributed by atoms with Crippen molar-refractivity contribution in [1.29, 1.82) is 0 Å². The van der Waals surface area contributed by atoms with Gasteiger partial charge in [-0.2, -0.15) is 0 Å². The predicted octanol–water partition coefficient (Wildman–Crippen LogP) is 3.61. The number of likely N-dealkylation sites (tertiary alicyclic amines) is 1. The Bertz CT molecular complexity index is 568. The Labute approximate surface area is 143 Å². The third-order valence-electron chi connectivity index (χ3n) is 3.79. The molecule has 24 heavy (non-hydrogen) atoms. The predicted molar refractivity (Wildman–Crippen MR) is 90.4 cm³/mol. The van der Waals surface area contributed by atoms with Gasteiger partial charge in [-0.15, -0.1) is 0 Å². The summed E-state index contributed by atoms with van der Waals surface area (Å²) in [5.74, 6) is 0. The van der Waals surface area contributed by atoms with Gasteiger partial charge >= 0.3 is 12.2 Å². The van der Waals surface area contributed by atoms with Gasteiger partial charge in [0.1, 0.15) is 18.4 Å². The molecule has 0 aromatic heterocycles. The van der Waals surface area contributed by atoms with Crippen molar-refractivity contribution < 1.29 is 19.1 Å². The van der Waals surface area contributed by atoms with Crippen LogP contribution in [0.5, 0.6) is 0 Å². The number of hydrogen-bond acceptors (Lipinski definition) is 4. The molecule has 1 saturated heterocycles. The van der Waals surface area contributed by atoms with Crippen LogP contribution in [0, 0.1) is 0 Å². The van der Waals surface area contributed by atoms with Crippen molar-refractivity contribution in [3.8, 4) is 0 Å². The van der Waals surface area contributed by atoms with E-state index in [1.807, 2.05) is 51.1 Å². The first-order chi connectivity index (χ1) is 11.3. The highest BCUT2D eigenvalue weighted by atomic mass is 16.6. The van der Waals surface area contributed by atoms with Crippen LogP contribution in [0.25, 0.3) is 0 Å². The third kappa shape index (κ3) is 4.88. The summed E-state index contributed by atoms with van der Waals surface area (Å²) in [7, 11) is 1.65. The molecule has 132 valence electrons. The van der Waals surface area contributed by atoms with Gasteiger partial charge in [0, 0.05) is 13.6 Å². The van der Waals surface area contributed by atoms with Crippen LogP contribution in [0.2, 0.25) is 0 Å². The molecule has 1 heterocycles. The molecule has 1 aliphatic rings. The van der Waals surface area contributed by atoms with E-state index in [1.54, 1.807) is 11.9 Å². The second-order valence-electron chi connectivity index (χ2n) is 6.95. The minimum Gasteiger partial charge on any atom is -0.444 e. The Balaban J connectivity index is 1.94. The zero-order chi connectivity index (χ0) is 17.7. The monoisotopic (exact) mass is 334 g/mol. The van der Waals surface area contributed by atoms with Gasteiger partial charge < -0.3 is 9.47 Å². The van der Waals surface area contributed by atoms with E-state index in [2.05, 4.69) is 0 Å². The molecule has 0 bridgehead atoms. The molecule has 2 rings (SSSR count). The van der Waals surface area contributed by atoms with E-state index >= 15 is 0 Å². The van der Waals surface area contributed by atoms with Crippen LogP contribution in [-0.2, 0) is 16.1 Å². The summed E-state index contributed by atoms with van der Waals surface area (Å²) in [5.41, 5.74) is 0.366. The van der Waals surface area contributed by atoms with Crippen molar-refractivity contribution in [3.63, 3.8) is 0 Å². The first-order valence-corrected chi connectivity index (χ1v) is 8.21. The van der Waals surface area contributed by atoms with Crippen LogP contribution in [0.15, 0.2) is 30.3 Å². The summed E-state index contributed by atoms with van der Waals surface area (Å²) >= 11 is 0. The topological polar surface area (TPSA) is 59.1 Å². The lowest BCUT2D eigenvalue weighted by Gasteiger charge is -2.33. The Kier molecular flexibility index (Phi) is 5.70. The molecule has 0 radical (unpaired) electrons. The van der Waals surface area contributed by atoms with Crippen LogP contribution in [-0.4, -0.2) is 47.3 Å². The smallest absolute Gasteiger partial charge is 0.411 e. The van der Waals surface area contributed by atoms with Crippen LogP contribution in [0.1, 0.15) is 39.2 Å². The van der Waals surface area contributed by atoms with E-state index in [-0.39, 0.29) is 12.8 Å². The quantitative estimate of drug-likeness (QED) is 0.847. The maximum absolute atomic E-state index is 12.4. The minimum absolute atomic E-state index is 0.221. The summed E-state index contributed by atoms with van der Waals surface area (Å²) in [4.78, 5) is 27.6. The molecule has 0 spiro atoms. The highest BCUT2D eigenvalue weighted by molar-refractivity contribution is 5.71. The van der Waals surface area contributed by atoms with Crippen molar-refractivity contribution in [3.05, 3.63) is 35.9 Å². The first kappa shape index (κ1) is 18.1. The molecule has 2 amide bonds. The maximum atomic E-state index is 12.4. The summed E-state index contributed by atoms with van der Waals surface area (Å²) in [6.07, 6.45) is 0.379. The fraction of sp³-hybridized carbons (Fsp3) is 0.556. The van der Waals surface area contributed by atoms with Crippen molar-refractivity contribution in [1.82, 2.24) is 9.80 Å². The highest BCUT2D eigenvalue weighted by Gasteiger charge is 2.36. The van der Waals surface area contributed by atoms with Crippen molar-refractivity contribution >= 4 is 12.2 Å². The number of hydrogen-bond donors (Lipinski definition) is 0. The number of amides is 2. The zero-order valence-corrected chi connectivity index (χ0v) is 14.8. The van der Waals surface area contributed by atoms with Gasteiger partial charge in [0.2, 0.25) is 0 Å². The van der Waals surface area contributed by atoms with Gasteiger partial charge in [-0.1, -0.05) is 30.3 Å². The lowest BCUT2D eigenvalue weighted by molar-refractivity contribution is 0.00383. The Morgan fingerprint density at radius 3 is 2.54 bits per heavy atom. The van der Waals surface area contributed by atoms with Crippen molar-refractivity contribution in [2.75, 3.05) is 13.6 Å². The van der Waals surface area contributed by atoms with Crippen LogP contribution in [0.4, 0.5) is 9.59 Å². The van der Waals surface area contributed by atoms with Crippen LogP contribution >= 0.6 is 0 Å². The molecule has 1 aliphatic heterocycles. The highest BCUT2D eigenvalue weighted by Crippen LogP contribution is 2.23. The van der Waals surface area contributed by atoms with E-state index in [4.69, 9.17) is 9.47 Å². The SMILES string of the molecule is CN(C(=O)OC(C)(C)C)C1CCCN1C(=O)OCc1ccccc1. The maximum Gasteiger partial charge on any atom is 0.411 e. The molecule has 0 aliphatic carbocycles. The third-order valence-corrected chi connectivity index (χ3v) is 3.79. The molecular formula is C18H26N2O4. The van der Waals surface area contributed by atoms with Gasteiger partial charge in [0.15, 0.2) is 0 Å². The average molecular weight is 334 g/mol. The van der Waals surface area contributed by atoms with E-state index < -0.39 is 17.8 Å². The number of rotatable bonds is 3. The number of carbonyl (C=O) groups is 2. The minimum atomic E-state index is -0.567. The van der Waals surface area contributed by atoms with Gasteiger partial charge in [-0.25, -0.2) is 9.59 Å². The zero-order valence-electron chi connectivity index (χ0n) is 14.8. The summed E-state index contributed by atoms with van der Waals surface area (Å²) in [6, 6.07) is 9.52. The molecule has 1 unspecified atom stereocenters. The van der Waals surface area contributed by atoms with Crippen LogP contribution in [0.3, 0.4) is 0 Å². The molecular weight excluding hydrogens is 308 g/mol. The summed E-state index contributed by atoms with van der Waals surface area (Å²) < 4.78 is 10.8. The molecule has 0 N–H and O–H groups in total. The standard InChI is InChI=1S/C18H26N2O4/c1-18(2,3)24-16(21)19(4)15-11-8-12-20(15)17(22)23-13-14-9-6-5-7-10-14/h5-7,9-10,15H,8,11-13H2,1-4H3.